The number of aliphatic carboxylic acids is 1. The average Bonchev–Trinajstić information content (AvgIpc) is 3.02. The van der Waals surface area contributed by atoms with Crippen molar-refractivity contribution in [2.75, 3.05) is 37.1 Å². The molecule has 1 heterocycles. The van der Waals surface area contributed by atoms with E-state index < -0.39 is 11.9 Å². The van der Waals surface area contributed by atoms with E-state index in [2.05, 4.69) is 4.98 Å². The molecule has 0 amide bonds. The number of halogens is 1. The average molecular weight is 440 g/mol. The Morgan fingerprint density at radius 3 is 2.67 bits per heavy atom. The van der Waals surface area contributed by atoms with Crippen molar-refractivity contribution < 1.29 is 29.0 Å². The molecule has 0 bridgehead atoms. The van der Waals surface area contributed by atoms with Crippen LogP contribution in [0.4, 0.5) is 5.69 Å². The summed E-state index contributed by atoms with van der Waals surface area (Å²) in [5.41, 5.74) is 2.59. The molecule has 2 rings (SSSR count). The zero-order chi connectivity index (χ0) is 22.1. The Morgan fingerprint density at radius 2 is 2.00 bits per heavy atom. The minimum absolute atomic E-state index is 0.0681. The summed E-state index contributed by atoms with van der Waals surface area (Å²) in [5, 5.41) is 8.59. The highest BCUT2D eigenvalue weighted by atomic mass is 35.5. The number of alkyl halides is 1. The van der Waals surface area contributed by atoms with Gasteiger partial charge in [-0.3, -0.25) is 4.79 Å². The van der Waals surface area contributed by atoms with E-state index in [0.29, 0.717) is 44.8 Å². The van der Waals surface area contributed by atoms with E-state index in [-0.39, 0.29) is 12.6 Å². The fourth-order valence-electron chi connectivity index (χ4n) is 3.06. The fraction of sp³-hybridized carbons (Fsp3) is 0.500. The Morgan fingerprint density at radius 1 is 1.23 bits per heavy atom. The smallest absolute Gasteiger partial charge is 0.417 e. The van der Waals surface area contributed by atoms with Crippen molar-refractivity contribution in [3.05, 3.63) is 24.0 Å². The number of carbonyl (C=O) groups is 3. The topological polar surface area (TPSA) is 111 Å². The number of esters is 2. The third-order valence-electron chi connectivity index (χ3n) is 4.53. The van der Waals surface area contributed by atoms with Gasteiger partial charge in [0.1, 0.15) is 12.4 Å². The molecule has 9 nitrogen and oxygen atoms in total. The number of nitrogens with zero attached hydrogens (tertiary/aromatic N) is 3. The summed E-state index contributed by atoms with van der Waals surface area (Å²) in [6.45, 7) is 2.89. The molecule has 0 aliphatic heterocycles. The number of hydrogen-bond donors (Lipinski definition) is 1. The Balaban J connectivity index is 2.08. The molecule has 0 aliphatic carbocycles. The summed E-state index contributed by atoms with van der Waals surface area (Å²) in [7, 11) is 1.93. The van der Waals surface area contributed by atoms with Crippen LogP contribution in [-0.4, -0.2) is 64.7 Å². The minimum Gasteiger partial charge on any atom is -0.473 e. The molecule has 164 valence electrons. The zero-order valence-electron chi connectivity index (χ0n) is 17.1. The minimum atomic E-state index is -1.62. The molecule has 10 heteroatoms. The maximum Gasteiger partial charge on any atom is 0.417 e. The second-order valence-corrected chi connectivity index (χ2v) is 6.91. The first-order chi connectivity index (χ1) is 14.4. The highest BCUT2D eigenvalue weighted by Crippen LogP contribution is 2.23. The van der Waals surface area contributed by atoms with Crippen LogP contribution in [0.15, 0.2) is 18.2 Å². The number of aromatic nitrogens is 2. The molecule has 2 aromatic rings. The highest BCUT2D eigenvalue weighted by molar-refractivity contribution is 6.28. The number of imidazole rings is 1. The van der Waals surface area contributed by atoms with Gasteiger partial charge in [0.25, 0.3) is 0 Å². The lowest BCUT2D eigenvalue weighted by atomic mass is 10.2. The van der Waals surface area contributed by atoms with Crippen LogP contribution in [0, 0.1) is 0 Å². The van der Waals surface area contributed by atoms with Crippen LogP contribution in [-0.2, 0) is 37.3 Å². The number of benzene rings is 1. The molecular weight excluding hydrogens is 414 g/mol. The van der Waals surface area contributed by atoms with Gasteiger partial charge in [0.05, 0.1) is 24.2 Å². The molecule has 30 heavy (non-hydrogen) atoms. The summed E-state index contributed by atoms with van der Waals surface area (Å²) >= 11 is 5.89. The molecule has 0 radical (unpaired) electrons. The van der Waals surface area contributed by atoms with Gasteiger partial charge in [-0.05, 0) is 31.5 Å². The van der Waals surface area contributed by atoms with Crippen molar-refractivity contribution >= 4 is 46.2 Å². The van der Waals surface area contributed by atoms with Gasteiger partial charge < -0.3 is 24.0 Å². The molecule has 0 fully saturated rings. The van der Waals surface area contributed by atoms with Crippen molar-refractivity contribution in [2.45, 2.75) is 26.2 Å². The lowest BCUT2D eigenvalue weighted by Gasteiger charge is -2.23. The number of aryl methyl sites for hydroxylation is 2. The number of carboxylic acid groups (broad SMARTS) is 1. The van der Waals surface area contributed by atoms with Crippen LogP contribution < -0.4 is 4.90 Å². The Hall–Kier alpha value is -2.81. The first-order valence-electron chi connectivity index (χ1n) is 9.69. The van der Waals surface area contributed by atoms with Gasteiger partial charge in [0, 0.05) is 38.0 Å². The molecule has 0 unspecified atom stereocenters. The maximum absolute atomic E-state index is 11.5. The zero-order valence-corrected chi connectivity index (χ0v) is 17.9. The molecule has 0 saturated carbocycles. The van der Waals surface area contributed by atoms with Crippen molar-refractivity contribution in [1.82, 2.24) is 9.55 Å². The quantitative estimate of drug-likeness (QED) is 0.322. The molecule has 0 atom stereocenters. The van der Waals surface area contributed by atoms with Crippen molar-refractivity contribution in [1.29, 1.82) is 0 Å². The summed E-state index contributed by atoms with van der Waals surface area (Å²) < 4.78 is 11.7. The second kappa shape index (κ2) is 11.4. The number of rotatable bonds is 11. The molecule has 1 aromatic heterocycles. The molecule has 0 aliphatic rings. The SMILES string of the molecule is CCOC(=O)CCCc1nc2cc(N(CCCl)CCOC(=O)C(=O)O)ccc2n1C. The van der Waals surface area contributed by atoms with E-state index in [1.807, 2.05) is 34.7 Å². The first-order valence-corrected chi connectivity index (χ1v) is 10.2. The van der Waals surface area contributed by atoms with Crippen LogP contribution in [0.3, 0.4) is 0 Å². The summed E-state index contributed by atoms with van der Waals surface area (Å²) in [6, 6.07) is 5.77. The van der Waals surface area contributed by atoms with Crippen molar-refractivity contribution in [2.24, 2.45) is 7.05 Å². The maximum atomic E-state index is 11.5. The van der Waals surface area contributed by atoms with Gasteiger partial charge in [-0.25, -0.2) is 14.6 Å². The van der Waals surface area contributed by atoms with Crippen LogP contribution in [0.25, 0.3) is 11.0 Å². The Labute approximate surface area is 179 Å². The van der Waals surface area contributed by atoms with E-state index in [1.54, 1.807) is 6.92 Å². The van der Waals surface area contributed by atoms with E-state index in [9.17, 15) is 14.4 Å². The normalized spacial score (nSPS) is 10.8. The van der Waals surface area contributed by atoms with Gasteiger partial charge in [0.2, 0.25) is 0 Å². The number of hydrogen-bond acceptors (Lipinski definition) is 7. The van der Waals surface area contributed by atoms with Gasteiger partial charge >= 0.3 is 17.9 Å². The number of ether oxygens (including phenoxy) is 2. The predicted molar refractivity (Wildman–Crippen MR) is 112 cm³/mol. The largest absolute Gasteiger partial charge is 0.473 e. The lowest BCUT2D eigenvalue weighted by molar-refractivity contribution is -0.163. The van der Waals surface area contributed by atoms with Gasteiger partial charge in [-0.15, -0.1) is 11.6 Å². The van der Waals surface area contributed by atoms with E-state index in [4.69, 9.17) is 26.2 Å². The van der Waals surface area contributed by atoms with Crippen LogP contribution in [0.5, 0.6) is 0 Å². The summed E-state index contributed by atoms with van der Waals surface area (Å²) in [4.78, 5) is 39.7. The van der Waals surface area contributed by atoms with Gasteiger partial charge in [0.15, 0.2) is 0 Å². The molecule has 0 saturated heterocycles. The molecule has 0 spiro atoms. The standard InChI is InChI=1S/C20H26ClN3O6/c1-3-29-18(25)6-4-5-17-22-15-13-14(7-8-16(15)23(17)2)24(10-9-21)11-12-30-20(28)19(26)27/h7-8,13H,3-6,9-12H2,1-2H3,(H,26,27). The highest BCUT2D eigenvalue weighted by Gasteiger charge is 2.15. The summed E-state index contributed by atoms with van der Waals surface area (Å²) in [6.07, 6.45) is 1.65. The number of carbonyl (C=O) groups excluding carboxylic acids is 2. The van der Waals surface area contributed by atoms with Crippen molar-refractivity contribution in [3.8, 4) is 0 Å². The van der Waals surface area contributed by atoms with E-state index in [0.717, 1.165) is 22.5 Å². The van der Waals surface area contributed by atoms with Crippen LogP contribution in [0.1, 0.15) is 25.6 Å². The Bertz CT molecular complexity index is 898. The fourth-order valence-corrected chi connectivity index (χ4v) is 3.27. The Kier molecular flexibility index (Phi) is 8.91. The molecule has 1 N–H and O–H groups in total. The third kappa shape index (κ3) is 6.35. The lowest BCUT2D eigenvalue weighted by Crippen LogP contribution is -2.31. The summed E-state index contributed by atoms with van der Waals surface area (Å²) in [5.74, 6) is -1.89. The van der Waals surface area contributed by atoms with E-state index in [1.165, 1.54) is 0 Å². The number of anilines is 1. The molecular formula is C20H26ClN3O6. The van der Waals surface area contributed by atoms with Crippen LogP contribution >= 0.6 is 11.6 Å². The monoisotopic (exact) mass is 439 g/mol. The second-order valence-electron chi connectivity index (χ2n) is 6.54. The predicted octanol–water partition coefficient (Wildman–Crippen LogP) is 2.13. The van der Waals surface area contributed by atoms with E-state index >= 15 is 0 Å². The van der Waals surface area contributed by atoms with Crippen molar-refractivity contribution in [3.63, 3.8) is 0 Å². The third-order valence-corrected chi connectivity index (χ3v) is 4.70. The van der Waals surface area contributed by atoms with Crippen LogP contribution in [0.2, 0.25) is 0 Å². The number of fused-ring (bicyclic) bond motifs is 1. The van der Waals surface area contributed by atoms with Gasteiger partial charge in [-0.2, -0.15) is 0 Å². The number of carboxylic acids is 1. The molecule has 1 aromatic carbocycles. The van der Waals surface area contributed by atoms with Gasteiger partial charge in [-0.1, -0.05) is 0 Å². The first kappa shape index (κ1) is 23.5.